The molecule has 0 radical (unpaired) electrons. The summed E-state index contributed by atoms with van der Waals surface area (Å²) in [6.45, 7) is 4.69. The standard InChI is InChI=1S/C22H28F2N2O2/c1-15(2)12-26-13-19(20(25-26)21(23)24)22(27)28-14-16-8-10-18(11-9-16)17-6-4-3-5-7-17/h3-7,13,15-16,18,21H,8-12,14H2,1-2H3. The zero-order valence-electron chi connectivity index (χ0n) is 16.5. The molecule has 6 heteroatoms. The van der Waals surface area contributed by atoms with Crippen LogP contribution in [0.15, 0.2) is 36.5 Å². The second-order valence-electron chi connectivity index (χ2n) is 8.07. The molecule has 0 aliphatic heterocycles. The maximum Gasteiger partial charge on any atom is 0.341 e. The number of rotatable bonds is 7. The fourth-order valence-electron chi connectivity index (χ4n) is 3.88. The predicted octanol–water partition coefficient (Wildman–Crippen LogP) is 5.61. The van der Waals surface area contributed by atoms with Gasteiger partial charge in [0.2, 0.25) is 0 Å². The lowest BCUT2D eigenvalue weighted by Gasteiger charge is -2.28. The lowest BCUT2D eigenvalue weighted by Crippen LogP contribution is -2.20. The van der Waals surface area contributed by atoms with Crippen molar-refractivity contribution < 1.29 is 18.3 Å². The SMILES string of the molecule is CC(C)Cn1cc(C(=O)OCC2CCC(c3ccccc3)CC2)c(C(F)F)n1. The molecule has 1 aromatic heterocycles. The molecule has 0 unspecified atom stereocenters. The van der Waals surface area contributed by atoms with Gasteiger partial charge in [-0.15, -0.1) is 0 Å². The van der Waals surface area contributed by atoms with Gasteiger partial charge in [-0.2, -0.15) is 5.10 Å². The van der Waals surface area contributed by atoms with E-state index in [0.29, 0.717) is 12.5 Å². The number of halogens is 2. The van der Waals surface area contributed by atoms with Crippen molar-refractivity contribution in [2.45, 2.75) is 58.4 Å². The Morgan fingerprint density at radius 3 is 2.46 bits per heavy atom. The Kier molecular flexibility index (Phi) is 6.81. The lowest BCUT2D eigenvalue weighted by atomic mass is 9.79. The van der Waals surface area contributed by atoms with E-state index in [4.69, 9.17) is 4.74 Å². The third kappa shape index (κ3) is 5.18. The minimum absolute atomic E-state index is 0.117. The molecule has 1 aliphatic carbocycles. The minimum atomic E-state index is -2.79. The summed E-state index contributed by atoms with van der Waals surface area (Å²) in [6.07, 6.45) is 2.65. The molecule has 0 saturated heterocycles. The van der Waals surface area contributed by atoms with Crippen LogP contribution in [0.1, 0.15) is 73.5 Å². The van der Waals surface area contributed by atoms with E-state index in [1.165, 1.54) is 16.4 Å². The summed E-state index contributed by atoms with van der Waals surface area (Å²) in [4.78, 5) is 12.4. The fraction of sp³-hybridized carbons (Fsp3) is 0.545. The van der Waals surface area contributed by atoms with Crippen molar-refractivity contribution in [3.8, 4) is 0 Å². The summed E-state index contributed by atoms with van der Waals surface area (Å²) < 4.78 is 33.3. The van der Waals surface area contributed by atoms with E-state index >= 15 is 0 Å². The van der Waals surface area contributed by atoms with Crippen LogP contribution in [-0.4, -0.2) is 22.4 Å². The highest BCUT2D eigenvalue weighted by Crippen LogP contribution is 2.36. The molecule has 0 N–H and O–H groups in total. The van der Waals surface area contributed by atoms with E-state index in [0.717, 1.165) is 25.7 Å². The van der Waals surface area contributed by atoms with Crippen molar-refractivity contribution in [3.63, 3.8) is 0 Å². The smallest absolute Gasteiger partial charge is 0.341 e. The summed E-state index contributed by atoms with van der Waals surface area (Å²) in [5.74, 6) is 0.377. The highest BCUT2D eigenvalue weighted by Gasteiger charge is 2.27. The van der Waals surface area contributed by atoms with Crippen molar-refractivity contribution in [2.75, 3.05) is 6.61 Å². The van der Waals surface area contributed by atoms with E-state index in [1.807, 2.05) is 19.9 Å². The van der Waals surface area contributed by atoms with Gasteiger partial charge in [-0.05, 0) is 49.0 Å². The first-order valence-electron chi connectivity index (χ1n) is 10.0. The van der Waals surface area contributed by atoms with E-state index in [9.17, 15) is 13.6 Å². The maximum atomic E-state index is 13.3. The molecule has 3 rings (SSSR count). The molecule has 152 valence electrons. The van der Waals surface area contributed by atoms with E-state index in [1.54, 1.807) is 0 Å². The van der Waals surface area contributed by atoms with Gasteiger partial charge in [0.25, 0.3) is 6.43 Å². The van der Waals surface area contributed by atoms with Crippen LogP contribution in [0.3, 0.4) is 0 Å². The van der Waals surface area contributed by atoms with Crippen molar-refractivity contribution in [3.05, 3.63) is 53.3 Å². The molecule has 1 heterocycles. The normalized spacial score (nSPS) is 19.9. The van der Waals surface area contributed by atoms with E-state index in [2.05, 4.69) is 29.4 Å². The second-order valence-corrected chi connectivity index (χ2v) is 8.07. The van der Waals surface area contributed by atoms with Crippen LogP contribution in [0.5, 0.6) is 0 Å². The third-order valence-electron chi connectivity index (χ3n) is 5.34. The lowest BCUT2D eigenvalue weighted by molar-refractivity contribution is 0.0395. The van der Waals surface area contributed by atoms with Crippen molar-refractivity contribution in [2.24, 2.45) is 11.8 Å². The minimum Gasteiger partial charge on any atom is -0.462 e. The van der Waals surface area contributed by atoms with Gasteiger partial charge < -0.3 is 4.74 Å². The number of aromatic nitrogens is 2. The van der Waals surface area contributed by atoms with Crippen LogP contribution < -0.4 is 0 Å². The van der Waals surface area contributed by atoms with Crippen LogP contribution in [0.4, 0.5) is 8.78 Å². The van der Waals surface area contributed by atoms with Crippen LogP contribution in [0.25, 0.3) is 0 Å². The number of benzene rings is 1. The number of esters is 1. The van der Waals surface area contributed by atoms with Crippen LogP contribution in [0.2, 0.25) is 0 Å². The summed E-state index contributed by atoms with van der Waals surface area (Å²) in [7, 11) is 0. The van der Waals surface area contributed by atoms with Gasteiger partial charge in [0.05, 0.1) is 6.61 Å². The molecule has 28 heavy (non-hydrogen) atoms. The maximum absolute atomic E-state index is 13.3. The number of carbonyl (C=O) groups is 1. The number of nitrogens with zero attached hydrogens (tertiary/aromatic N) is 2. The van der Waals surface area contributed by atoms with Gasteiger partial charge in [0, 0.05) is 12.7 Å². The highest BCUT2D eigenvalue weighted by molar-refractivity contribution is 5.90. The average molecular weight is 390 g/mol. The first-order valence-corrected chi connectivity index (χ1v) is 10.0. The molecule has 1 saturated carbocycles. The summed E-state index contributed by atoms with van der Waals surface area (Å²) in [6, 6.07) is 10.5. The largest absolute Gasteiger partial charge is 0.462 e. The third-order valence-corrected chi connectivity index (χ3v) is 5.34. The van der Waals surface area contributed by atoms with Crippen LogP contribution in [-0.2, 0) is 11.3 Å². The first-order chi connectivity index (χ1) is 13.4. The van der Waals surface area contributed by atoms with Crippen LogP contribution >= 0.6 is 0 Å². The fourth-order valence-corrected chi connectivity index (χ4v) is 3.88. The second kappa shape index (κ2) is 9.30. The molecule has 1 fully saturated rings. The van der Waals surface area contributed by atoms with Crippen molar-refractivity contribution in [1.82, 2.24) is 9.78 Å². The Bertz CT molecular complexity index is 766. The van der Waals surface area contributed by atoms with E-state index in [-0.39, 0.29) is 24.0 Å². The Morgan fingerprint density at radius 1 is 1.18 bits per heavy atom. The van der Waals surface area contributed by atoms with Gasteiger partial charge >= 0.3 is 5.97 Å². The molecular weight excluding hydrogens is 362 g/mol. The number of carbonyl (C=O) groups excluding carboxylic acids is 1. The summed E-state index contributed by atoms with van der Waals surface area (Å²) >= 11 is 0. The average Bonchev–Trinajstić information content (AvgIpc) is 3.11. The zero-order valence-corrected chi connectivity index (χ0v) is 16.5. The number of ether oxygens (including phenoxy) is 1. The quantitative estimate of drug-likeness (QED) is 0.578. The van der Waals surface area contributed by atoms with Crippen molar-refractivity contribution in [1.29, 1.82) is 0 Å². The molecule has 0 amide bonds. The Morgan fingerprint density at radius 2 is 1.86 bits per heavy atom. The summed E-state index contributed by atoms with van der Waals surface area (Å²) in [5, 5.41) is 3.88. The van der Waals surface area contributed by atoms with Crippen LogP contribution in [0, 0.1) is 11.8 Å². The van der Waals surface area contributed by atoms with Gasteiger partial charge in [0.1, 0.15) is 11.3 Å². The summed E-state index contributed by atoms with van der Waals surface area (Å²) in [5.41, 5.74) is 0.754. The number of hydrogen-bond donors (Lipinski definition) is 0. The van der Waals surface area contributed by atoms with Gasteiger partial charge in [-0.3, -0.25) is 4.68 Å². The predicted molar refractivity (Wildman–Crippen MR) is 103 cm³/mol. The van der Waals surface area contributed by atoms with Crippen molar-refractivity contribution >= 4 is 5.97 Å². The molecule has 2 aromatic rings. The topological polar surface area (TPSA) is 44.1 Å². The molecule has 0 spiro atoms. The van der Waals surface area contributed by atoms with Gasteiger partial charge in [-0.1, -0.05) is 44.2 Å². The molecule has 1 aliphatic rings. The Labute approximate surface area is 164 Å². The molecular formula is C22H28F2N2O2. The number of alkyl halides is 2. The Hall–Kier alpha value is -2.24. The monoisotopic (exact) mass is 390 g/mol. The van der Waals surface area contributed by atoms with Gasteiger partial charge in [-0.25, -0.2) is 13.6 Å². The molecule has 4 nitrogen and oxygen atoms in total. The number of hydrogen-bond acceptors (Lipinski definition) is 3. The molecule has 0 bridgehead atoms. The zero-order chi connectivity index (χ0) is 20.1. The highest BCUT2D eigenvalue weighted by atomic mass is 19.3. The first kappa shape index (κ1) is 20.5. The Balaban J connectivity index is 1.54. The van der Waals surface area contributed by atoms with Gasteiger partial charge in [0.15, 0.2) is 0 Å². The van der Waals surface area contributed by atoms with E-state index < -0.39 is 18.1 Å². The molecule has 0 atom stereocenters. The molecule has 1 aromatic carbocycles.